The Kier molecular flexibility index (Phi) is 3.35. The first-order chi connectivity index (χ1) is 8.83. The normalized spacial score (nSPS) is 21.8. The highest BCUT2D eigenvalue weighted by molar-refractivity contribution is 5.89. The Bertz CT molecular complexity index is 522. The Morgan fingerprint density at radius 2 is 1.95 bits per heavy atom. The first-order valence-corrected chi connectivity index (χ1v) is 6.44. The minimum absolute atomic E-state index is 0.0975. The molecule has 2 N–H and O–H groups in total. The lowest BCUT2D eigenvalue weighted by atomic mass is 10.0. The van der Waals surface area contributed by atoms with Gasteiger partial charge in [-0.05, 0) is 44.2 Å². The standard InChI is InChI=1S/C15H19NO3/c1-9-6-4-5-7-10(9)11-8-12(11)13(17)16-15(2,3)14(18)19/h4-7,11-12H,8H2,1-3H3,(H,16,17)(H,18,19). The predicted octanol–water partition coefficient (Wildman–Crippen LogP) is 2.08. The van der Waals surface area contributed by atoms with E-state index in [1.165, 1.54) is 25.0 Å². The molecule has 0 aliphatic heterocycles. The van der Waals surface area contributed by atoms with Crippen LogP contribution in [-0.2, 0) is 9.59 Å². The number of hydrogen-bond donors (Lipinski definition) is 2. The van der Waals surface area contributed by atoms with Crippen molar-refractivity contribution in [2.24, 2.45) is 5.92 Å². The van der Waals surface area contributed by atoms with Gasteiger partial charge in [0, 0.05) is 5.92 Å². The molecule has 0 aromatic heterocycles. The number of carbonyl (C=O) groups excluding carboxylic acids is 1. The summed E-state index contributed by atoms with van der Waals surface area (Å²) in [5.74, 6) is -1.06. The van der Waals surface area contributed by atoms with E-state index in [0.717, 1.165) is 6.42 Å². The van der Waals surface area contributed by atoms with Gasteiger partial charge >= 0.3 is 5.97 Å². The number of aryl methyl sites for hydroxylation is 1. The Balaban J connectivity index is 2.02. The van der Waals surface area contributed by atoms with Crippen LogP contribution in [0.1, 0.15) is 37.3 Å². The number of carboxylic acid groups (broad SMARTS) is 1. The Labute approximate surface area is 112 Å². The van der Waals surface area contributed by atoms with Crippen LogP contribution in [0.5, 0.6) is 0 Å². The van der Waals surface area contributed by atoms with Crippen LogP contribution in [-0.4, -0.2) is 22.5 Å². The van der Waals surface area contributed by atoms with Gasteiger partial charge in [-0.15, -0.1) is 0 Å². The highest BCUT2D eigenvalue weighted by Gasteiger charge is 2.46. The number of amides is 1. The van der Waals surface area contributed by atoms with Gasteiger partial charge in [-0.2, -0.15) is 0 Å². The van der Waals surface area contributed by atoms with Gasteiger partial charge in [0.15, 0.2) is 0 Å². The van der Waals surface area contributed by atoms with Crippen molar-refractivity contribution in [3.8, 4) is 0 Å². The summed E-state index contributed by atoms with van der Waals surface area (Å²) < 4.78 is 0. The summed E-state index contributed by atoms with van der Waals surface area (Å²) in [6, 6.07) is 8.01. The van der Waals surface area contributed by atoms with Crippen molar-refractivity contribution in [3.63, 3.8) is 0 Å². The van der Waals surface area contributed by atoms with Gasteiger partial charge in [0.05, 0.1) is 0 Å². The molecule has 19 heavy (non-hydrogen) atoms. The fourth-order valence-electron chi connectivity index (χ4n) is 2.29. The van der Waals surface area contributed by atoms with Crippen LogP contribution < -0.4 is 5.32 Å². The maximum Gasteiger partial charge on any atom is 0.328 e. The molecule has 1 aliphatic rings. The maximum absolute atomic E-state index is 12.0. The van der Waals surface area contributed by atoms with E-state index in [9.17, 15) is 9.59 Å². The summed E-state index contributed by atoms with van der Waals surface area (Å²) in [5, 5.41) is 11.6. The van der Waals surface area contributed by atoms with Gasteiger partial charge in [-0.25, -0.2) is 4.79 Å². The SMILES string of the molecule is Cc1ccccc1C1CC1C(=O)NC(C)(C)C(=O)O. The molecule has 0 spiro atoms. The molecule has 1 fully saturated rings. The average Bonchev–Trinajstić information content (AvgIpc) is 3.08. The summed E-state index contributed by atoms with van der Waals surface area (Å²) in [6.45, 7) is 5.03. The molecule has 2 unspecified atom stereocenters. The lowest BCUT2D eigenvalue weighted by molar-refractivity contribution is -0.146. The first-order valence-electron chi connectivity index (χ1n) is 6.44. The molecule has 1 aromatic carbocycles. The minimum atomic E-state index is -1.21. The molecular weight excluding hydrogens is 242 g/mol. The molecule has 2 atom stereocenters. The second kappa shape index (κ2) is 4.68. The van der Waals surface area contributed by atoms with Gasteiger partial charge in [-0.1, -0.05) is 24.3 Å². The van der Waals surface area contributed by atoms with Crippen molar-refractivity contribution < 1.29 is 14.7 Å². The number of nitrogens with one attached hydrogen (secondary N) is 1. The zero-order valence-electron chi connectivity index (χ0n) is 11.4. The van der Waals surface area contributed by atoms with E-state index < -0.39 is 11.5 Å². The largest absolute Gasteiger partial charge is 0.480 e. The quantitative estimate of drug-likeness (QED) is 0.872. The Hall–Kier alpha value is -1.84. The number of benzene rings is 1. The third kappa shape index (κ3) is 2.78. The van der Waals surface area contributed by atoms with Gasteiger partial charge < -0.3 is 10.4 Å². The van der Waals surface area contributed by atoms with Crippen molar-refractivity contribution in [1.82, 2.24) is 5.32 Å². The third-order valence-electron chi connectivity index (χ3n) is 3.69. The van der Waals surface area contributed by atoms with E-state index >= 15 is 0 Å². The van der Waals surface area contributed by atoms with Crippen LogP contribution in [0.2, 0.25) is 0 Å². The molecule has 1 amide bonds. The van der Waals surface area contributed by atoms with E-state index in [1.807, 2.05) is 31.2 Å². The molecular formula is C15H19NO3. The monoisotopic (exact) mass is 261 g/mol. The topological polar surface area (TPSA) is 66.4 Å². The summed E-state index contributed by atoms with van der Waals surface area (Å²) in [4.78, 5) is 23.0. The molecule has 1 saturated carbocycles. The first kappa shape index (κ1) is 13.6. The van der Waals surface area contributed by atoms with E-state index in [0.29, 0.717) is 0 Å². The second-order valence-corrected chi connectivity index (χ2v) is 5.72. The van der Waals surface area contributed by atoms with Crippen LogP contribution in [0.4, 0.5) is 0 Å². The summed E-state index contributed by atoms with van der Waals surface area (Å²) in [5.41, 5.74) is 1.16. The number of rotatable bonds is 4. The lowest BCUT2D eigenvalue weighted by Gasteiger charge is -2.21. The smallest absolute Gasteiger partial charge is 0.328 e. The Morgan fingerprint density at radius 3 is 2.53 bits per heavy atom. The molecule has 1 aliphatic carbocycles. The van der Waals surface area contributed by atoms with Gasteiger partial charge in [0.1, 0.15) is 5.54 Å². The van der Waals surface area contributed by atoms with Crippen molar-refractivity contribution in [2.75, 3.05) is 0 Å². The van der Waals surface area contributed by atoms with E-state index in [1.54, 1.807) is 0 Å². The van der Waals surface area contributed by atoms with Crippen molar-refractivity contribution in [2.45, 2.75) is 38.6 Å². The van der Waals surface area contributed by atoms with Gasteiger partial charge in [0.2, 0.25) is 5.91 Å². The molecule has 1 aromatic rings. The van der Waals surface area contributed by atoms with E-state index in [4.69, 9.17) is 5.11 Å². The number of hydrogen-bond acceptors (Lipinski definition) is 2. The number of carbonyl (C=O) groups is 2. The molecule has 0 saturated heterocycles. The van der Waals surface area contributed by atoms with Crippen LogP contribution in [0.15, 0.2) is 24.3 Å². The highest BCUT2D eigenvalue weighted by Crippen LogP contribution is 2.48. The summed E-state index contributed by atoms with van der Waals surface area (Å²) in [7, 11) is 0. The molecule has 0 bridgehead atoms. The molecule has 4 nitrogen and oxygen atoms in total. The molecule has 4 heteroatoms. The average molecular weight is 261 g/mol. The lowest BCUT2D eigenvalue weighted by Crippen LogP contribution is -2.50. The van der Waals surface area contributed by atoms with Crippen LogP contribution >= 0.6 is 0 Å². The van der Waals surface area contributed by atoms with Crippen molar-refractivity contribution in [3.05, 3.63) is 35.4 Å². The molecule has 2 rings (SSSR count). The van der Waals surface area contributed by atoms with Crippen LogP contribution in [0.3, 0.4) is 0 Å². The molecule has 0 radical (unpaired) electrons. The third-order valence-corrected chi connectivity index (χ3v) is 3.69. The van der Waals surface area contributed by atoms with Crippen LogP contribution in [0, 0.1) is 12.8 Å². The van der Waals surface area contributed by atoms with Gasteiger partial charge in [0.25, 0.3) is 0 Å². The Morgan fingerprint density at radius 1 is 1.32 bits per heavy atom. The fraction of sp³-hybridized carbons (Fsp3) is 0.467. The predicted molar refractivity (Wildman–Crippen MR) is 71.9 cm³/mol. The zero-order chi connectivity index (χ0) is 14.2. The van der Waals surface area contributed by atoms with Crippen LogP contribution in [0.25, 0.3) is 0 Å². The highest BCUT2D eigenvalue weighted by atomic mass is 16.4. The zero-order valence-corrected chi connectivity index (χ0v) is 11.4. The fourth-order valence-corrected chi connectivity index (χ4v) is 2.29. The van der Waals surface area contributed by atoms with Crippen molar-refractivity contribution >= 4 is 11.9 Å². The molecule has 0 heterocycles. The van der Waals surface area contributed by atoms with E-state index in [-0.39, 0.29) is 17.7 Å². The van der Waals surface area contributed by atoms with Gasteiger partial charge in [-0.3, -0.25) is 4.79 Å². The van der Waals surface area contributed by atoms with E-state index in [2.05, 4.69) is 5.32 Å². The number of aliphatic carboxylic acids is 1. The minimum Gasteiger partial charge on any atom is -0.480 e. The maximum atomic E-state index is 12.0. The van der Waals surface area contributed by atoms with Crippen molar-refractivity contribution in [1.29, 1.82) is 0 Å². The molecule has 102 valence electrons. The summed E-state index contributed by atoms with van der Waals surface area (Å²) in [6.07, 6.45) is 0.798. The second-order valence-electron chi connectivity index (χ2n) is 5.72. The number of carboxylic acids is 1. The summed E-state index contributed by atoms with van der Waals surface area (Å²) >= 11 is 0.